The van der Waals surface area contributed by atoms with Crippen LogP contribution in [0.2, 0.25) is 0 Å². The molecule has 3 heteroatoms. The summed E-state index contributed by atoms with van der Waals surface area (Å²) in [6.07, 6.45) is 2.35. The van der Waals surface area contributed by atoms with E-state index in [1.165, 1.54) is 0 Å². The van der Waals surface area contributed by atoms with Crippen LogP contribution in [0.4, 0.5) is 4.39 Å². The van der Waals surface area contributed by atoms with E-state index in [1.807, 2.05) is 30.3 Å². The third kappa shape index (κ3) is 2.56. The lowest BCUT2D eigenvalue weighted by atomic mass is 10.2. The molecule has 0 bridgehead atoms. The summed E-state index contributed by atoms with van der Waals surface area (Å²) in [6.45, 7) is 0. The first-order valence-electron chi connectivity index (χ1n) is 4.45. The summed E-state index contributed by atoms with van der Waals surface area (Å²) in [5.41, 5.74) is 6.44. The maximum Gasteiger partial charge on any atom is 0.105 e. The van der Waals surface area contributed by atoms with Crippen LogP contribution < -0.4 is 5.73 Å². The second kappa shape index (κ2) is 4.58. The fourth-order valence-corrected chi connectivity index (χ4v) is 1.35. The lowest BCUT2D eigenvalue weighted by molar-refractivity contribution is 0.578. The fourth-order valence-electron chi connectivity index (χ4n) is 1.35. The molecule has 1 aliphatic rings. The van der Waals surface area contributed by atoms with E-state index in [0.29, 0.717) is 0 Å². The normalized spacial score (nSPS) is 25.4. The number of hydrogen-bond acceptors (Lipinski definition) is 1. The van der Waals surface area contributed by atoms with Crippen molar-refractivity contribution >= 4 is 18.5 Å². The Labute approximate surface area is 89.2 Å². The summed E-state index contributed by atoms with van der Waals surface area (Å²) < 4.78 is 13.3. The molecule has 1 aliphatic carbocycles. The van der Waals surface area contributed by atoms with Gasteiger partial charge in [-0.3, -0.25) is 0 Å². The second-order valence-corrected chi connectivity index (χ2v) is 3.45. The average molecular weight is 214 g/mol. The van der Waals surface area contributed by atoms with Gasteiger partial charge in [0.05, 0.1) is 0 Å². The van der Waals surface area contributed by atoms with Gasteiger partial charge in [-0.2, -0.15) is 0 Å². The molecular formula is C11H13ClFN. The van der Waals surface area contributed by atoms with E-state index in [2.05, 4.69) is 0 Å². The third-order valence-electron chi connectivity index (χ3n) is 2.30. The van der Waals surface area contributed by atoms with Crippen LogP contribution in [-0.4, -0.2) is 6.04 Å². The Hall–Kier alpha value is -0.860. The van der Waals surface area contributed by atoms with E-state index in [0.717, 1.165) is 12.0 Å². The Morgan fingerprint density at radius 1 is 1.36 bits per heavy atom. The monoisotopic (exact) mass is 213 g/mol. The Bertz CT molecular complexity index is 323. The smallest absolute Gasteiger partial charge is 0.105 e. The zero-order valence-electron chi connectivity index (χ0n) is 7.69. The highest BCUT2D eigenvalue weighted by atomic mass is 35.5. The van der Waals surface area contributed by atoms with Crippen molar-refractivity contribution in [3.8, 4) is 0 Å². The van der Waals surface area contributed by atoms with Crippen LogP contribution in [0.1, 0.15) is 12.0 Å². The van der Waals surface area contributed by atoms with Gasteiger partial charge >= 0.3 is 0 Å². The number of nitrogens with two attached hydrogens (primary N) is 1. The van der Waals surface area contributed by atoms with Gasteiger partial charge in [-0.05, 0) is 18.1 Å². The fraction of sp³-hybridized carbons (Fsp3) is 0.273. The summed E-state index contributed by atoms with van der Waals surface area (Å²) in [7, 11) is 0. The highest BCUT2D eigenvalue weighted by Gasteiger charge is 2.37. The van der Waals surface area contributed by atoms with Gasteiger partial charge in [0.1, 0.15) is 5.83 Å². The van der Waals surface area contributed by atoms with Gasteiger partial charge in [-0.25, -0.2) is 4.39 Å². The zero-order valence-corrected chi connectivity index (χ0v) is 8.51. The average Bonchev–Trinajstić information content (AvgIpc) is 2.84. The van der Waals surface area contributed by atoms with Crippen molar-refractivity contribution in [1.82, 2.24) is 0 Å². The maximum atomic E-state index is 13.3. The molecule has 0 spiro atoms. The van der Waals surface area contributed by atoms with E-state index in [1.54, 1.807) is 6.08 Å². The highest BCUT2D eigenvalue weighted by Crippen LogP contribution is 2.36. The molecular weight excluding hydrogens is 201 g/mol. The van der Waals surface area contributed by atoms with Crippen LogP contribution >= 0.6 is 12.4 Å². The van der Waals surface area contributed by atoms with Crippen molar-refractivity contribution in [1.29, 1.82) is 0 Å². The van der Waals surface area contributed by atoms with Crippen molar-refractivity contribution in [2.24, 2.45) is 11.7 Å². The summed E-state index contributed by atoms with van der Waals surface area (Å²) in [6, 6.07) is 9.51. The van der Waals surface area contributed by atoms with Crippen molar-refractivity contribution in [3.05, 3.63) is 41.7 Å². The van der Waals surface area contributed by atoms with Crippen LogP contribution in [-0.2, 0) is 0 Å². The predicted octanol–water partition coefficient (Wildman–Crippen LogP) is 2.77. The molecule has 1 fully saturated rings. The van der Waals surface area contributed by atoms with Crippen LogP contribution in [0.25, 0.3) is 6.08 Å². The van der Waals surface area contributed by atoms with E-state index in [-0.39, 0.29) is 30.2 Å². The molecule has 1 aromatic carbocycles. The van der Waals surface area contributed by atoms with Crippen LogP contribution in [0.5, 0.6) is 0 Å². The molecule has 0 aliphatic heterocycles. The van der Waals surface area contributed by atoms with Crippen molar-refractivity contribution in [2.45, 2.75) is 12.5 Å². The lowest BCUT2D eigenvalue weighted by Crippen LogP contribution is -2.01. The van der Waals surface area contributed by atoms with Gasteiger partial charge in [-0.1, -0.05) is 30.3 Å². The van der Waals surface area contributed by atoms with Gasteiger partial charge in [0.2, 0.25) is 0 Å². The predicted molar refractivity (Wildman–Crippen MR) is 58.9 cm³/mol. The molecule has 14 heavy (non-hydrogen) atoms. The lowest BCUT2D eigenvalue weighted by Gasteiger charge is -1.94. The molecule has 76 valence electrons. The minimum Gasteiger partial charge on any atom is -0.327 e. The molecule has 1 aromatic rings. The number of rotatable bonds is 2. The molecule has 2 rings (SSSR count). The van der Waals surface area contributed by atoms with E-state index in [4.69, 9.17) is 5.73 Å². The highest BCUT2D eigenvalue weighted by molar-refractivity contribution is 5.85. The summed E-state index contributed by atoms with van der Waals surface area (Å²) in [4.78, 5) is 0. The largest absolute Gasteiger partial charge is 0.327 e. The third-order valence-corrected chi connectivity index (χ3v) is 2.30. The van der Waals surface area contributed by atoms with Gasteiger partial charge < -0.3 is 5.73 Å². The van der Waals surface area contributed by atoms with Gasteiger partial charge in [0.15, 0.2) is 0 Å². The minimum absolute atomic E-state index is 0. The Balaban J connectivity index is 0.000000980. The summed E-state index contributed by atoms with van der Waals surface area (Å²) in [5, 5.41) is 0. The van der Waals surface area contributed by atoms with E-state index in [9.17, 15) is 4.39 Å². The van der Waals surface area contributed by atoms with Crippen molar-refractivity contribution < 1.29 is 4.39 Å². The molecule has 1 nitrogen and oxygen atoms in total. The summed E-state index contributed by atoms with van der Waals surface area (Å²) in [5.74, 6) is -0.112. The molecule has 2 N–H and O–H groups in total. The minimum atomic E-state index is -0.0845. The van der Waals surface area contributed by atoms with E-state index >= 15 is 0 Å². The van der Waals surface area contributed by atoms with Gasteiger partial charge in [-0.15, -0.1) is 12.4 Å². The van der Waals surface area contributed by atoms with Crippen LogP contribution in [0.15, 0.2) is 36.2 Å². The second-order valence-electron chi connectivity index (χ2n) is 3.45. The molecule has 0 aromatic heterocycles. The zero-order chi connectivity index (χ0) is 9.26. The molecule has 0 saturated heterocycles. The quantitative estimate of drug-likeness (QED) is 0.803. The van der Waals surface area contributed by atoms with Crippen LogP contribution in [0.3, 0.4) is 0 Å². The Morgan fingerprint density at radius 2 is 1.93 bits per heavy atom. The standard InChI is InChI=1S/C11H12FN.ClH/c12-10(9-7-11(9)13)6-8-4-2-1-3-5-8;/h1-6,9,11H,7,13H2;1H. The number of hydrogen-bond donors (Lipinski definition) is 1. The first-order valence-corrected chi connectivity index (χ1v) is 4.45. The molecule has 0 radical (unpaired) electrons. The van der Waals surface area contributed by atoms with Crippen molar-refractivity contribution in [2.75, 3.05) is 0 Å². The molecule has 2 atom stereocenters. The first-order chi connectivity index (χ1) is 6.27. The molecule has 2 unspecified atom stereocenters. The van der Waals surface area contributed by atoms with Gasteiger partial charge in [0, 0.05) is 12.0 Å². The Kier molecular flexibility index (Phi) is 3.67. The van der Waals surface area contributed by atoms with E-state index < -0.39 is 0 Å². The topological polar surface area (TPSA) is 26.0 Å². The van der Waals surface area contributed by atoms with Gasteiger partial charge in [0.25, 0.3) is 0 Å². The number of halogens is 2. The van der Waals surface area contributed by atoms with Crippen molar-refractivity contribution in [3.63, 3.8) is 0 Å². The first kappa shape index (κ1) is 11.2. The molecule has 0 heterocycles. The maximum absolute atomic E-state index is 13.3. The number of benzene rings is 1. The Morgan fingerprint density at radius 3 is 2.43 bits per heavy atom. The summed E-state index contributed by atoms with van der Waals surface area (Å²) >= 11 is 0. The molecule has 0 amide bonds. The molecule has 1 saturated carbocycles. The van der Waals surface area contributed by atoms with Crippen LogP contribution in [0, 0.1) is 5.92 Å². The SMILES string of the molecule is Cl.NC1CC1C(F)=Cc1ccccc1.